The second kappa shape index (κ2) is 11.0. The van der Waals surface area contributed by atoms with Crippen molar-refractivity contribution in [2.45, 2.75) is 32.4 Å². The predicted molar refractivity (Wildman–Crippen MR) is 128 cm³/mol. The fraction of sp³-hybridized carbons (Fsp3) is 0.296. The van der Waals surface area contributed by atoms with Gasteiger partial charge in [-0.2, -0.15) is 0 Å². The van der Waals surface area contributed by atoms with E-state index in [2.05, 4.69) is 10.6 Å². The fourth-order valence-corrected chi connectivity index (χ4v) is 4.35. The lowest BCUT2D eigenvalue weighted by Gasteiger charge is -2.36. The number of nitrogens with one attached hydrogen (secondary N) is 2. The Morgan fingerprint density at radius 3 is 2.51 bits per heavy atom. The molecule has 182 valence electrons. The van der Waals surface area contributed by atoms with Crippen LogP contribution in [0, 0.1) is 18.7 Å². The van der Waals surface area contributed by atoms with Gasteiger partial charge in [0.2, 0.25) is 5.91 Å². The molecule has 0 unspecified atom stereocenters. The number of benzene rings is 2. The quantitative estimate of drug-likeness (QED) is 0.543. The minimum atomic E-state index is -0.788. The molecule has 0 bridgehead atoms. The summed E-state index contributed by atoms with van der Waals surface area (Å²) < 4.78 is 19.4. The number of nitrogens with zero attached hydrogens (tertiary/aromatic N) is 1. The maximum atomic E-state index is 14.1. The van der Waals surface area contributed by atoms with Crippen LogP contribution in [-0.4, -0.2) is 41.8 Å². The van der Waals surface area contributed by atoms with Gasteiger partial charge in [-0.25, -0.2) is 4.39 Å². The zero-order valence-electron chi connectivity index (χ0n) is 19.5. The van der Waals surface area contributed by atoms with Crippen LogP contribution in [0.3, 0.4) is 0 Å². The van der Waals surface area contributed by atoms with Crippen molar-refractivity contribution in [3.8, 4) is 0 Å². The molecule has 2 N–H and O–H groups in total. The number of hydrogen-bond donors (Lipinski definition) is 2. The molecule has 1 fully saturated rings. The Labute approximate surface area is 203 Å². The molecule has 1 aromatic heterocycles. The molecule has 35 heavy (non-hydrogen) atoms. The number of carbonyl (C=O) groups excluding carboxylic acids is 3. The first-order valence-electron chi connectivity index (χ1n) is 11.6. The van der Waals surface area contributed by atoms with E-state index >= 15 is 0 Å². The van der Waals surface area contributed by atoms with Gasteiger partial charge in [0.1, 0.15) is 17.6 Å². The molecule has 1 atom stereocenters. The molecule has 2 heterocycles. The van der Waals surface area contributed by atoms with Gasteiger partial charge in [-0.3, -0.25) is 14.4 Å². The van der Waals surface area contributed by atoms with E-state index in [1.165, 1.54) is 18.4 Å². The zero-order chi connectivity index (χ0) is 24.8. The predicted octanol–water partition coefficient (Wildman–Crippen LogP) is 3.69. The van der Waals surface area contributed by atoms with Crippen LogP contribution in [0.1, 0.15) is 44.9 Å². The number of carbonyl (C=O) groups is 3. The van der Waals surface area contributed by atoms with E-state index in [0.717, 1.165) is 5.56 Å². The van der Waals surface area contributed by atoms with Crippen molar-refractivity contribution in [3.05, 3.63) is 95.2 Å². The highest BCUT2D eigenvalue weighted by molar-refractivity contribution is 5.98. The number of aryl methyl sites for hydroxylation is 1. The van der Waals surface area contributed by atoms with Crippen LogP contribution in [-0.2, 0) is 11.3 Å². The Morgan fingerprint density at radius 2 is 1.83 bits per heavy atom. The molecule has 0 radical (unpaired) electrons. The first-order chi connectivity index (χ1) is 16.9. The van der Waals surface area contributed by atoms with Crippen LogP contribution >= 0.6 is 0 Å². The van der Waals surface area contributed by atoms with Crippen LogP contribution < -0.4 is 10.6 Å². The van der Waals surface area contributed by atoms with Gasteiger partial charge in [0, 0.05) is 18.7 Å². The Bertz CT molecular complexity index is 1190. The molecule has 3 aromatic rings. The van der Waals surface area contributed by atoms with Gasteiger partial charge in [-0.05, 0) is 62.1 Å². The summed E-state index contributed by atoms with van der Waals surface area (Å²) in [6.45, 7) is 2.82. The molecule has 3 amide bonds. The third-order valence-corrected chi connectivity index (χ3v) is 6.27. The van der Waals surface area contributed by atoms with Crippen molar-refractivity contribution in [1.29, 1.82) is 0 Å². The average Bonchev–Trinajstić information content (AvgIpc) is 3.39. The lowest BCUT2D eigenvalue weighted by Crippen LogP contribution is -2.53. The van der Waals surface area contributed by atoms with Crippen molar-refractivity contribution >= 4 is 17.7 Å². The lowest BCUT2D eigenvalue weighted by molar-refractivity contribution is -0.124. The van der Waals surface area contributed by atoms with Gasteiger partial charge in [0.25, 0.3) is 11.8 Å². The highest BCUT2D eigenvalue weighted by Gasteiger charge is 2.34. The molecule has 0 aliphatic carbocycles. The summed E-state index contributed by atoms with van der Waals surface area (Å²) >= 11 is 0. The SMILES string of the molecule is Cc1cccc(C(=O)N[C@H](C(=O)NCc2ccco2)C2CCN(C(=O)c3ccccc3F)CC2)c1. The molecule has 0 spiro atoms. The topological polar surface area (TPSA) is 91.7 Å². The normalized spacial score (nSPS) is 14.9. The number of halogens is 1. The van der Waals surface area contributed by atoms with Gasteiger partial charge in [0.05, 0.1) is 18.4 Å². The van der Waals surface area contributed by atoms with E-state index < -0.39 is 11.9 Å². The van der Waals surface area contributed by atoms with E-state index in [-0.39, 0.29) is 35.7 Å². The summed E-state index contributed by atoms with van der Waals surface area (Å²) in [6.07, 6.45) is 2.51. The number of piperidine rings is 1. The average molecular weight is 478 g/mol. The third-order valence-electron chi connectivity index (χ3n) is 6.27. The fourth-order valence-electron chi connectivity index (χ4n) is 4.35. The summed E-state index contributed by atoms with van der Waals surface area (Å²) in [5.41, 5.74) is 1.45. The molecule has 2 aromatic carbocycles. The van der Waals surface area contributed by atoms with Crippen molar-refractivity contribution in [3.63, 3.8) is 0 Å². The Kier molecular flexibility index (Phi) is 7.60. The minimum absolute atomic E-state index is 0.0337. The molecule has 0 saturated carbocycles. The van der Waals surface area contributed by atoms with Crippen molar-refractivity contribution in [2.75, 3.05) is 13.1 Å². The number of likely N-dealkylation sites (tertiary alicyclic amines) is 1. The summed E-state index contributed by atoms with van der Waals surface area (Å²) in [5.74, 6) is -1.17. The zero-order valence-corrected chi connectivity index (χ0v) is 19.5. The summed E-state index contributed by atoms with van der Waals surface area (Å²) in [6, 6.07) is 15.8. The number of rotatable bonds is 7. The van der Waals surface area contributed by atoms with Gasteiger partial charge >= 0.3 is 0 Å². The van der Waals surface area contributed by atoms with Crippen molar-refractivity contribution in [2.24, 2.45) is 5.92 Å². The number of amides is 3. The molecule has 1 aliphatic heterocycles. The van der Waals surface area contributed by atoms with Crippen molar-refractivity contribution < 1.29 is 23.2 Å². The van der Waals surface area contributed by atoms with Crippen LogP contribution in [0.2, 0.25) is 0 Å². The summed E-state index contributed by atoms with van der Waals surface area (Å²) in [4.78, 5) is 40.5. The van der Waals surface area contributed by atoms with Crippen LogP contribution in [0.25, 0.3) is 0 Å². The van der Waals surface area contributed by atoms with Gasteiger partial charge in [-0.1, -0.05) is 29.8 Å². The van der Waals surface area contributed by atoms with E-state index in [4.69, 9.17) is 4.42 Å². The van der Waals surface area contributed by atoms with E-state index in [0.29, 0.717) is 37.3 Å². The van der Waals surface area contributed by atoms with E-state index in [1.807, 2.05) is 13.0 Å². The standard InChI is InChI=1S/C27H28FN3O4/c1-18-6-4-7-20(16-18)25(32)30-24(26(33)29-17-21-8-5-15-35-21)19-11-13-31(14-12-19)27(34)22-9-2-3-10-23(22)28/h2-10,15-16,19,24H,11-14,17H2,1H3,(H,29,33)(H,30,32)/t24-/m0/s1. The third kappa shape index (κ3) is 5.95. The minimum Gasteiger partial charge on any atom is -0.467 e. The number of furan rings is 1. The Morgan fingerprint density at radius 1 is 1.06 bits per heavy atom. The second-order valence-electron chi connectivity index (χ2n) is 8.73. The Hall–Kier alpha value is -3.94. The highest BCUT2D eigenvalue weighted by Crippen LogP contribution is 2.24. The first-order valence-corrected chi connectivity index (χ1v) is 11.6. The molecule has 8 heteroatoms. The summed E-state index contributed by atoms with van der Waals surface area (Å²) in [7, 11) is 0. The van der Waals surface area contributed by atoms with Crippen LogP contribution in [0.15, 0.2) is 71.3 Å². The van der Waals surface area contributed by atoms with E-state index in [1.54, 1.807) is 47.4 Å². The smallest absolute Gasteiger partial charge is 0.256 e. The molecular formula is C27H28FN3O4. The lowest BCUT2D eigenvalue weighted by atomic mass is 9.88. The number of hydrogen-bond acceptors (Lipinski definition) is 4. The molecule has 1 aliphatic rings. The van der Waals surface area contributed by atoms with E-state index in [9.17, 15) is 18.8 Å². The maximum Gasteiger partial charge on any atom is 0.256 e. The van der Waals surface area contributed by atoms with Gasteiger partial charge < -0.3 is 20.0 Å². The molecule has 4 rings (SSSR count). The molecule has 7 nitrogen and oxygen atoms in total. The maximum absolute atomic E-state index is 14.1. The van der Waals surface area contributed by atoms with Gasteiger partial charge in [0.15, 0.2) is 0 Å². The molecular weight excluding hydrogens is 449 g/mol. The molecule has 1 saturated heterocycles. The Balaban J connectivity index is 1.45. The summed E-state index contributed by atoms with van der Waals surface area (Å²) in [5, 5.41) is 5.74. The van der Waals surface area contributed by atoms with Crippen LogP contribution in [0.4, 0.5) is 4.39 Å². The van der Waals surface area contributed by atoms with Crippen LogP contribution in [0.5, 0.6) is 0 Å². The second-order valence-corrected chi connectivity index (χ2v) is 8.73. The largest absolute Gasteiger partial charge is 0.467 e. The van der Waals surface area contributed by atoms with Gasteiger partial charge in [-0.15, -0.1) is 0 Å². The van der Waals surface area contributed by atoms with Crippen molar-refractivity contribution in [1.82, 2.24) is 15.5 Å². The highest BCUT2D eigenvalue weighted by atomic mass is 19.1. The first kappa shape index (κ1) is 24.2. The monoisotopic (exact) mass is 477 g/mol.